The Balaban J connectivity index is 0.00000128. The molecule has 45 heavy (non-hydrogen) atoms. The molecule has 4 heterocycles. The maximum Gasteiger partial charge on any atom is 0.373 e. The molecule has 5 aromatic rings. The number of ether oxygens (including phenoxy) is 1. The zero-order chi connectivity index (χ0) is 32.4. The highest BCUT2D eigenvalue weighted by Gasteiger charge is 2.32. The van der Waals surface area contributed by atoms with Gasteiger partial charge in [0.2, 0.25) is 0 Å². The van der Waals surface area contributed by atoms with E-state index in [1.165, 1.54) is 11.3 Å². The Labute approximate surface area is 275 Å². The summed E-state index contributed by atoms with van der Waals surface area (Å²) in [5, 5.41) is 8.01. The number of anilines is 1. The van der Waals surface area contributed by atoms with Crippen molar-refractivity contribution in [3.63, 3.8) is 0 Å². The number of hydrogen-bond acceptors (Lipinski definition) is 7. The van der Waals surface area contributed by atoms with Crippen molar-refractivity contribution in [1.29, 1.82) is 0 Å². The molecule has 9 nitrogen and oxygen atoms in total. The molecule has 1 amide bonds. The van der Waals surface area contributed by atoms with E-state index in [-0.39, 0.29) is 12.1 Å². The molecule has 1 aliphatic rings. The third kappa shape index (κ3) is 6.16. The van der Waals surface area contributed by atoms with Crippen LogP contribution in [0.5, 0.6) is 5.75 Å². The summed E-state index contributed by atoms with van der Waals surface area (Å²) >= 11 is 14.8. The first-order valence-corrected chi connectivity index (χ1v) is 16.2. The van der Waals surface area contributed by atoms with Crippen LogP contribution < -0.4 is 9.64 Å². The van der Waals surface area contributed by atoms with Gasteiger partial charge in [0.15, 0.2) is 0 Å². The highest BCUT2D eigenvalue weighted by Crippen LogP contribution is 2.43. The number of carbonyl (C=O) groups is 1. The molecular weight excluding hydrogens is 633 g/mol. The number of amides is 1. The molecule has 0 saturated heterocycles. The standard InChI is InChI=1S/C32H33Cl2N5O2S.CO2/c1-18-14-22(15-19(2)29(18)34)41-13-6-8-23-24-9-10-25(33)28(27-20(3)36-37(5)21(27)4)30(24)39-12-7-11-38(32(40)31(23)39)26-16-35-17-42-26;2-1-3/h9-10,14-17H,6-8,11-13H2,1-5H3;. The van der Waals surface area contributed by atoms with Crippen molar-refractivity contribution in [1.82, 2.24) is 19.3 Å². The molecule has 0 fully saturated rings. The van der Waals surface area contributed by atoms with E-state index in [1.807, 2.05) is 55.6 Å². The molecule has 12 heteroatoms. The van der Waals surface area contributed by atoms with Crippen LogP contribution in [0.2, 0.25) is 10.0 Å². The number of rotatable bonds is 7. The largest absolute Gasteiger partial charge is 0.494 e. The molecule has 0 unspecified atom stereocenters. The zero-order valence-electron chi connectivity index (χ0n) is 25.7. The van der Waals surface area contributed by atoms with Gasteiger partial charge in [-0.05, 0) is 81.8 Å². The van der Waals surface area contributed by atoms with Crippen LogP contribution in [0.1, 0.15) is 51.4 Å². The second-order valence-electron chi connectivity index (χ2n) is 11.0. The quantitative estimate of drug-likeness (QED) is 0.167. The molecule has 2 aromatic carbocycles. The molecule has 6 rings (SSSR count). The van der Waals surface area contributed by atoms with Crippen molar-refractivity contribution in [2.75, 3.05) is 18.1 Å². The number of hydrogen-bond donors (Lipinski definition) is 0. The maximum atomic E-state index is 14.3. The molecule has 0 atom stereocenters. The molecule has 0 N–H and O–H groups in total. The van der Waals surface area contributed by atoms with E-state index in [4.69, 9.17) is 37.5 Å². The number of halogens is 2. The van der Waals surface area contributed by atoms with E-state index >= 15 is 0 Å². The van der Waals surface area contributed by atoms with Crippen LogP contribution >= 0.6 is 34.5 Å². The van der Waals surface area contributed by atoms with Crippen LogP contribution in [0.15, 0.2) is 36.0 Å². The summed E-state index contributed by atoms with van der Waals surface area (Å²) in [4.78, 5) is 36.7. The Morgan fingerprint density at radius 2 is 1.76 bits per heavy atom. The summed E-state index contributed by atoms with van der Waals surface area (Å²) in [5.41, 5.74) is 10.4. The number of nitrogens with zero attached hydrogens (tertiary/aromatic N) is 5. The van der Waals surface area contributed by atoms with E-state index in [2.05, 4.69) is 27.6 Å². The second kappa shape index (κ2) is 13.6. The Morgan fingerprint density at radius 1 is 1.04 bits per heavy atom. The van der Waals surface area contributed by atoms with Crippen LogP contribution in [0.25, 0.3) is 22.0 Å². The second-order valence-corrected chi connectivity index (χ2v) is 12.7. The van der Waals surface area contributed by atoms with Crippen molar-refractivity contribution >= 4 is 62.5 Å². The molecule has 234 valence electrons. The van der Waals surface area contributed by atoms with Gasteiger partial charge in [0.05, 0.1) is 34.5 Å². The van der Waals surface area contributed by atoms with Gasteiger partial charge >= 0.3 is 6.15 Å². The smallest absolute Gasteiger partial charge is 0.373 e. The molecule has 0 spiro atoms. The lowest BCUT2D eigenvalue weighted by atomic mass is 9.98. The third-order valence-electron chi connectivity index (χ3n) is 8.18. The zero-order valence-corrected chi connectivity index (χ0v) is 28.1. The van der Waals surface area contributed by atoms with E-state index in [0.29, 0.717) is 31.1 Å². The normalized spacial score (nSPS) is 12.9. The molecule has 0 bridgehead atoms. The van der Waals surface area contributed by atoms with Crippen LogP contribution in [0.4, 0.5) is 5.00 Å². The number of thiazole rings is 1. The van der Waals surface area contributed by atoms with Gasteiger partial charge in [-0.3, -0.25) is 19.4 Å². The Kier molecular flexibility index (Phi) is 9.79. The summed E-state index contributed by atoms with van der Waals surface area (Å²) in [6, 6.07) is 7.96. The molecule has 0 radical (unpaired) electrons. The summed E-state index contributed by atoms with van der Waals surface area (Å²) < 4.78 is 10.2. The SMILES string of the molecule is Cc1cc(OCCCc2c3n(c4c(-c5c(C)nn(C)c5C)c(Cl)ccc24)CCCN(c2cncs2)C3=O)cc(C)c1Cl.O=C=O. The predicted octanol–water partition coefficient (Wildman–Crippen LogP) is 7.52. The average Bonchev–Trinajstić information content (AvgIpc) is 3.67. The van der Waals surface area contributed by atoms with Crippen LogP contribution in [0.3, 0.4) is 0 Å². The van der Waals surface area contributed by atoms with Gasteiger partial charge in [-0.25, -0.2) is 0 Å². The lowest BCUT2D eigenvalue weighted by Gasteiger charge is -2.18. The maximum absolute atomic E-state index is 14.3. The Bertz CT molecular complexity index is 1900. The van der Waals surface area contributed by atoms with Crippen LogP contribution in [-0.4, -0.2) is 44.5 Å². The van der Waals surface area contributed by atoms with Gasteiger partial charge in [0.1, 0.15) is 16.4 Å². The molecule has 3 aromatic heterocycles. The Hall–Kier alpha value is -3.95. The van der Waals surface area contributed by atoms with E-state index in [9.17, 15) is 4.79 Å². The van der Waals surface area contributed by atoms with Gasteiger partial charge in [0.25, 0.3) is 5.91 Å². The fourth-order valence-electron chi connectivity index (χ4n) is 6.18. The van der Waals surface area contributed by atoms with Crippen LogP contribution in [-0.2, 0) is 29.6 Å². The number of aryl methyl sites for hydroxylation is 6. The summed E-state index contributed by atoms with van der Waals surface area (Å²) in [6.07, 6.45) is 4.26. The van der Waals surface area contributed by atoms with Crippen LogP contribution in [0, 0.1) is 27.7 Å². The first-order valence-electron chi connectivity index (χ1n) is 14.5. The minimum absolute atomic E-state index is 0.00507. The predicted molar refractivity (Wildman–Crippen MR) is 177 cm³/mol. The third-order valence-corrected chi connectivity index (χ3v) is 9.89. The molecule has 0 aliphatic carbocycles. The fourth-order valence-corrected chi connectivity index (χ4v) is 7.19. The number of fused-ring (bicyclic) bond motifs is 3. The highest BCUT2D eigenvalue weighted by molar-refractivity contribution is 7.14. The summed E-state index contributed by atoms with van der Waals surface area (Å²) in [7, 11) is 1.95. The van der Waals surface area contributed by atoms with Crippen molar-refractivity contribution < 1.29 is 19.1 Å². The highest BCUT2D eigenvalue weighted by atomic mass is 35.5. The van der Waals surface area contributed by atoms with E-state index in [1.54, 1.807) is 11.7 Å². The van der Waals surface area contributed by atoms with Crippen molar-refractivity contribution in [2.24, 2.45) is 7.05 Å². The van der Waals surface area contributed by atoms with Gasteiger partial charge in [-0.2, -0.15) is 14.7 Å². The fraction of sp³-hybridized carbons (Fsp3) is 0.333. The van der Waals surface area contributed by atoms with Crippen molar-refractivity contribution in [2.45, 2.75) is 53.5 Å². The number of aromatic nitrogens is 4. The number of benzene rings is 2. The molecule has 1 aliphatic heterocycles. The Morgan fingerprint density at radius 3 is 2.38 bits per heavy atom. The molecular formula is C33H33Cl2N5O4S. The lowest BCUT2D eigenvalue weighted by molar-refractivity contribution is -0.191. The first-order chi connectivity index (χ1) is 21.6. The van der Waals surface area contributed by atoms with Crippen molar-refractivity contribution in [3.8, 4) is 16.9 Å². The minimum Gasteiger partial charge on any atom is -0.494 e. The first kappa shape index (κ1) is 32.4. The summed E-state index contributed by atoms with van der Waals surface area (Å²) in [5.74, 6) is 0.800. The van der Waals surface area contributed by atoms with Gasteiger partial charge in [0, 0.05) is 47.4 Å². The average molecular weight is 667 g/mol. The monoisotopic (exact) mass is 665 g/mol. The lowest BCUT2D eigenvalue weighted by Crippen LogP contribution is -2.31. The summed E-state index contributed by atoms with van der Waals surface area (Å²) in [6.45, 7) is 9.89. The number of carbonyl (C=O) groups excluding carboxylic acids is 3. The van der Waals surface area contributed by atoms with Crippen molar-refractivity contribution in [3.05, 3.63) is 79.8 Å². The van der Waals surface area contributed by atoms with Gasteiger partial charge in [-0.15, -0.1) is 11.3 Å². The topological polar surface area (TPSA) is 99.3 Å². The van der Waals surface area contributed by atoms with E-state index in [0.717, 1.165) is 84.4 Å². The minimum atomic E-state index is -0.00507. The van der Waals surface area contributed by atoms with Gasteiger partial charge in [-0.1, -0.05) is 29.3 Å². The molecule has 0 saturated carbocycles. The van der Waals surface area contributed by atoms with Gasteiger partial charge < -0.3 is 9.30 Å². The van der Waals surface area contributed by atoms with E-state index < -0.39 is 0 Å².